The Morgan fingerprint density at radius 2 is 1.75 bits per heavy atom. The average molecular weight is 511 g/mol. The average Bonchev–Trinajstić information content (AvgIpc) is 2.94. The van der Waals surface area contributed by atoms with Crippen LogP contribution in [0.4, 0.5) is 0 Å². The van der Waals surface area contributed by atoms with Crippen molar-refractivity contribution in [1.29, 1.82) is 0 Å². The van der Waals surface area contributed by atoms with Crippen LogP contribution in [-0.2, 0) is 14.4 Å². The number of benzene rings is 2. The number of carboxylic acids is 1. The highest BCUT2D eigenvalue weighted by Crippen LogP contribution is 2.41. The quantitative estimate of drug-likeness (QED) is 0.588. The van der Waals surface area contributed by atoms with Crippen LogP contribution < -0.4 is 0 Å². The van der Waals surface area contributed by atoms with Gasteiger partial charge in [-0.25, -0.2) is 0 Å². The minimum absolute atomic E-state index is 0.0148. The van der Waals surface area contributed by atoms with Gasteiger partial charge in [-0.15, -0.1) is 0 Å². The van der Waals surface area contributed by atoms with E-state index in [1.165, 1.54) is 0 Å². The molecular weight excluding hydrogens is 476 g/mol. The molecule has 2 aliphatic rings. The number of hydrogen-bond acceptors (Lipinski definition) is 3. The molecule has 0 radical (unpaired) electrons. The predicted octanol–water partition coefficient (Wildman–Crippen LogP) is 5.08. The Morgan fingerprint density at radius 3 is 2.39 bits per heavy atom. The standard InChI is InChI=1S/C29H35ClN2O4/c1-18(2)14-24-21-9-8-19(3)15-23(21)25(22-6-4-5-7-26(22)30)16-32(28(24)34)17-27(33)31-12-10-20(11-13-31)29(35)36/h4-9,15,18,20,24-25H,10-14,16-17H2,1-3H3,(H,35,36). The fourth-order valence-corrected chi connectivity index (χ4v) is 5.85. The number of nitrogens with zero attached hydrogens (tertiary/aromatic N) is 2. The molecule has 0 bridgehead atoms. The molecule has 2 aliphatic heterocycles. The van der Waals surface area contributed by atoms with Crippen molar-refractivity contribution < 1.29 is 19.5 Å². The Hall–Kier alpha value is -2.86. The number of carbonyl (C=O) groups is 3. The van der Waals surface area contributed by atoms with Gasteiger partial charge in [0.2, 0.25) is 11.8 Å². The van der Waals surface area contributed by atoms with Gasteiger partial charge in [-0.2, -0.15) is 0 Å². The van der Waals surface area contributed by atoms with E-state index in [9.17, 15) is 19.5 Å². The molecule has 36 heavy (non-hydrogen) atoms. The zero-order valence-corrected chi connectivity index (χ0v) is 22.0. The van der Waals surface area contributed by atoms with Crippen LogP contribution in [0, 0.1) is 18.8 Å². The SMILES string of the molecule is Cc1ccc2c(c1)C(c1ccccc1Cl)CN(CC(=O)N1CCC(C(=O)O)CC1)C(=O)C2CC(C)C. The molecule has 1 N–H and O–H groups in total. The summed E-state index contributed by atoms with van der Waals surface area (Å²) in [5.74, 6) is -1.56. The number of aliphatic carboxylic acids is 1. The molecule has 7 heteroatoms. The first-order chi connectivity index (χ1) is 17.2. The topological polar surface area (TPSA) is 77.9 Å². The van der Waals surface area contributed by atoms with Gasteiger partial charge in [0.1, 0.15) is 0 Å². The van der Waals surface area contributed by atoms with E-state index >= 15 is 0 Å². The summed E-state index contributed by atoms with van der Waals surface area (Å²) in [6, 6.07) is 14.0. The number of piperidine rings is 1. The molecule has 6 nitrogen and oxygen atoms in total. The summed E-state index contributed by atoms with van der Waals surface area (Å²) >= 11 is 6.66. The van der Waals surface area contributed by atoms with Crippen molar-refractivity contribution >= 4 is 29.4 Å². The van der Waals surface area contributed by atoms with E-state index in [2.05, 4.69) is 39.0 Å². The molecule has 0 spiro atoms. The molecule has 0 aliphatic carbocycles. The molecule has 1 saturated heterocycles. The van der Waals surface area contributed by atoms with Crippen molar-refractivity contribution in [2.24, 2.45) is 11.8 Å². The van der Waals surface area contributed by atoms with E-state index in [0.717, 1.165) is 22.3 Å². The van der Waals surface area contributed by atoms with Gasteiger partial charge in [0, 0.05) is 30.6 Å². The van der Waals surface area contributed by atoms with Crippen molar-refractivity contribution in [3.8, 4) is 0 Å². The maximum Gasteiger partial charge on any atom is 0.306 e. The first-order valence-electron chi connectivity index (χ1n) is 12.8. The summed E-state index contributed by atoms with van der Waals surface area (Å²) in [6.45, 7) is 7.43. The number of rotatable bonds is 6. The third-order valence-corrected chi connectivity index (χ3v) is 7.86. The number of halogens is 1. The van der Waals surface area contributed by atoms with Crippen LogP contribution in [0.2, 0.25) is 5.02 Å². The molecule has 2 amide bonds. The van der Waals surface area contributed by atoms with Crippen molar-refractivity contribution in [3.63, 3.8) is 0 Å². The van der Waals surface area contributed by atoms with Gasteiger partial charge < -0.3 is 14.9 Å². The minimum Gasteiger partial charge on any atom is -0.481 e. The van der Waals surface area contributed by atoms with Gasteiger partial charge in [-0.3, -0.25) is 14.4 Å². The zero-order chi connectivity index (χ0) is 26.0. The maximum absolute atomic E-state index is 14.0. The van der Waals surface area contributed by atoms with Gasteiger partial charge in [-0.05, 0) is 54.9 Å². The summed E-state index contributed by atoms with van der Waals surface area (Å²) < 4.78 is 0. The van der Waals surface area contributed by atoms with Crippen LogP contribution in [0.5, 0.6) is 0 Å². The highest BCUT2D eigenvalue weighted by atomic mass is 35.5. The summed E-state index contributed by atoms with van der Waals surface area (Å²) in [7, 11) is 0. The van der Waals surface area contributed by atoms with Crippen molar-refractivity contribution in [3.05, 3.63) is 69.7 Å². The molecule has 2 aromatic rings. The van der Waals surface area contributed by atoms with Gasteiger partial charge in [0.05, 0.1) is 18.4 Å². The fraction of sp³-hybridized carbons (Fsp3) is 0.483. The number of hydrogen-bond donors (Lipinski definition) is 1. The van der Waals surface area contributed by atoms with Gasteiger partial charge in [-0.1, -0.05) is 67.4 Å². The Balaban J connectivity index is 1.69. The van der Waals surface area contributed by atoms with Crippen LogP contribution >= 0.6 is 11.6 Å². The summed E-state index contributed by atoms with van der Waals surface area (Å²) in [5, 5.41) is 9.93. The second-order valence-corrected chi connectivity index (χ2v) is 11.0. The molecule has 2 unspecified atom stereocenters. The zero-order valence-electron chi connectivity index (χ0n) is 21.2. The van der Waals surface area contributed by atoms with Gasteiger partial charge in [0.25, 0.3) is 0 Å². The van der Waals surface area contributed by atoms with E-state index in [1.807, 2.05) is 24.3 Å². The molecule has 2 heterocycles. The second-order valence-electron chi connectivity index (χ2n) is 10.6. The van der Waals surface area contributed by atoms with E-state index in [0.29, 0.717) is 49.8 Å². The first-order valence-corrected chi connectivity index (χ1v) is 13.2. The molecule has 192 valence electrons. The third kappa shape index (κ3) is 5.59. The smallest absolute Gasteiger partial charge is 0.306 e. The Labute approximate surface area is 218 Å². The lowest BCUT2D eigenvalue weighted by atomic mass is 9.81. The lowest BCUT2D eigenvalue weighted by Crippen LogP contribution is -2.47. The summed E-state index contributed by atoms with van der Waals surface area (Å²) in [4.78, 5) is 42.1. The molecule has 2 atom stereocenters. The van der Waals surface area contributed by atoms with Gasteiger partial charge >= 0.3 is 5.97 Å². The maximum atomic E-state index is 14.0. The van der Waals surface area contributed by atoms with Crippen molar-refractivity contribution in [2.45, 2.75) is 51.9 Å². The monoisotopic (exact) mass is 510 g/mol. The largest absolute Gasteiger partial charge is 0.481 e. The third-order valence-electron chi connectivity index (χ3n) is 7.52. The normalized spacial score (nSPS) is 20.9. The van der Waals surface area contributed by atoms with E-state index in [-0.39, 0.29) is 30.2 Å². The number of carbonyl (C=O) groups excluding carboxylic acids is 2. The lowest BCUT2D eigenvalue weighted by molar-refractivity contribution is -0.147. The number of carboxylic acid groups (broad SMARTS) is 1. The molecule has 0 aromatic heterocycles. The lowest BCUT2D eigenvalue weighted by Gasteiger charge is -2.33. The molecule has 2 aromatic carbocycles. The minimum atomic E-state index is -0.808. The second kappa shape index (κ2) is 11.0. The Morgan fingerprint density at radius 1 is 1.06 bits per heavy atom. The number of likely N-dealkylation sites (tertiary alicyclic amines) is 1. The van der Waals surface area contributed by atoms with Crippen LogP contribution in [0.1, 0.15) is 67.2 Å². The fourth-order valence-electron chi connectivity index (χ4n) is 5.58. The number of aryl methyl sites for hydroxylation is 1. The van der Waals surface area contributed by atoms with E-state index in [4.69, 9.17) is 11.6 Å². The molecular formula is C29H35ClN2O4. The first kappa shape index (κ1) is 26.2. The molecule has 0 saturated carbocycles. The predicted molar refractivity (Wildman–Crippen MR) is 140 cm³/mol. The molecule has 1 fully saturated rings. The van der Waals surface area contributed by atoms with Crippen LogP contribution in [0.25, 0.3) is 0 Å². The van der Waals surface area contributed by atoms with Crippen LogP contribution in [-0.4, -0.2) is 58.9 Å². The molecule has 4 rings (SSSR count). The van der Waals surface area contributed by atoms with Gasteiger partial charge in [0.15, 0.2) is 0 Å². The van der Waals surface area contributed by atoms with Crippen molar-refractivity contribution in [2.75, 3.05) is 26.2 Å². The van der Waals surface area contributed by atoms with Crippen molar-refractivity contribution in [1.82, 2.24) is 9.80 Å². The van der Waals surface area contributed by atoms with Crippen LogP contribution in [0.15, 0.2) is 42.5 Å². The highest BCUT2D eigenvalue weighted by Gasteiger charge is 2.38. The number of fused-ring (bicyclic) bond motifs is 1. The Bertz CT molecular complexity index is 1140. The Kier molecular flexibility index (Phi) is 8.04. The summed E-state index contributed by atoms with van der Waals surface area (Å²) in [5.41, 5.74) is 4.18. The van der Waals surface area contributed by atoms with Crippen LogP contribution in [0.3, 0.4) is 0 Å². The van der Waals surface area contributed by atoms with E-state index in [1.54, 1.807) is 9.80 Å². The highest BCUT2D eigenvalue weighted by molar-refractivity contribution is 6.31. The number of amides is 2. The van der Waals surface area contributed by atoms with E-state index < -0.39 is 11.9 Å². The summed E-state index contributed by atoms with van der Waals surface area (Å²) in [6.07, 6.45) is 1.58.